The number of nitrogens with one attached hydrogen (secondary N) is 1. The first-order valence-electron chi connectivity index (χ1n) is 7.70. The third kappa shape index (κ3) is 5.47. The molecule has 1 aromatic rings. The summed E-state index contributed by atoms with van der Waals surface area (Å²) < 4.78 is 0. The highest BCUT2D eigenvalue weighted by atomic mass is 32.2. The summed E-state index contributed by atoms with van der Waals surface area (Å²) >= 11 is 1.72. The first kappa shape index (κ1) is 18.2. The molecule has 5 heteroatoms. The molecule has 0 aliphatic rings. The molecule has 0 aromatic carbocycles. The molecule has 0 amide bonds. The van der Waals surface area contributed by atoms with Crippen LogP contribution in [0.2, 0.25) is 0 Å². The second kappa shape index (κ2) is 7.99. The fourth-order valence-corrected chi connectivity index (χ4v) is 2.81. The molecule has 0 aliphatic heterocycles. The van der Waals surface area contributed by atoms with Gasteiger partial charge in [-0.05, 0) is 19.8 Å². The van der Waals surface area contributed by atoms with E-state index in [1.54, 1.807) is 11.8 Å². The maximum absolute atomic E-state index is 9.08. The Morgan fingerprint density at radius 3 is 2.48 bits per heavy atom. The predicted molar refractivity (Wildman–Crippen MR) is 91.3 cm³/mol. The van der Waals surface area contributed by atoms with Gasteiger partial charge in [-0.1, -0.05) is 34.6 Å². The maximum atomic E-state index is 9.08. The van der Waals surface area contributed by atoms with Crippen LogP contribution in [-0.4, -0.2) is 33.5 Å². The molecular formula is C16H29N3OS. The van der Waals surface area contributed by atoms with Crippen molar-refractivity contribution in [1.29, 1.82) is 0 Å². The van der Waals surface area contributed by atoms with Gasteiger partial charge in [-0.15, -0.1) is 11.8 Å². The lowest BCUT2D eigenvalue weighted by Gasteiger charge is -2.21. The first-order chi connectivity index (χ1) is 9.79. The number of hydrogen-bond donors (Lipinski definition) is 2. The van der Waals surface area contributed by atoms with Crippen LogP contribution in [0.1, 0.15) is 58.8 Å². The van der Waals surface area contributed by atoms with Crippen LogP contribution in [0, 0.1) is 6.92 Å². The summed E-state index contributed by atoms with van der Waals surface area (Å²) in [6, 6.07) is 0. The number of anilines is 1. The molecule has 2 N–H and O–H groups in total. The Bertz CT molecular complexity index is 458. The molecule has 0 fully saturated rings. The van der Waals surface area contributed by atoms with Crippen molar-refractivity contribution in [3.8, 4) is 0 Å². The molecule has 120 valence electrons. The lowest BCUT2D eigenvalue weighted by Crippen LogP contribution is -2.19. The van der Waals surface area contributed by atoms with Gasteiger partial charge in [0, 0.05) is 29.4 Å². The van der Waals surface area contributed by atoms with Crippen molar-refractivity contribution in [2.75, 3.05) is 18.5 Å². The highest BCUT2D eigenvalue weighted by Gasteiger charge is 2.22. The fraction of sp³-hybridized carbons (Fsp3) is 0.750. The van der Waals surface area contributed by atoms with E-state index in [-0.39, 0.29) is 12.0 Å². The van der Waals surface area contributed by atoms with Gasteiger partial charge >= 0.3 is 0 Å². The molecule has 1 atom stereocenters. The Morgan fingerprint density at radius 1 is 1.29 bits per heavy atom. The van der Waals surface area contributed by atoms with Gasteiger partial charge in [-0.2, -0.15) is 0 Å². The van der Waals surface area contributed by atoms with Gasteiger partial charge in [-0.3, -0.25) is 0 Å². The maximum Gasteiger partial charge on any atom is 0.137 e. The van der Waals surface area contributed by atoms with E-state index < -0.39 is 0 Å². The summed E-state index contributed by atoms with van der Waals surface area (Å²) in [5, 5.41) is 13.9. The van der Waals surface area contributed by atoms with Gasteiger partial charge < -0.3 is 10.4 Å². The predicted octanol–water partition coefficient (Wildman–Crippen LogP) is 3.77. The molecule has 4 nitrogen and oxygen atoms in total. The third-order valence-electron chi connectivity index (χ3n) is 3.16. The highest BCUT2D eigenvalue weighted by molar-refractivity contribution is 7.99. The summed E-state index contributed by atoms with van der Waals surface area (Å²) in [7, 11) is 0. The molecule has 1 aromatic heterocycles. The van der Waals surface area contributed by atoms with Gasteiger partial charge in [-0.25, -0.2) is 9.97 Å². The SMILES string of the molecule is CCCNc1nc(C(C)(C)C)nc(SC(C)CCO)c1C. The van der Waals surface area contributed by atoms with Gasteiger partial charge in [0.25, 0.3) is 0 Å². The minimum atomic E-state index is -0.0775. The molecule has 0 aliphatic carbocycles. The number of rotatable bonds is 7. The molecular weight excluding hydrogens is 282 g/mol. The minimum absolute atomic E-state index is 0.0775. The largest absolute Gasteiger partial charge is 0.396 e. The highest BCUT2D eigenvalue weighted by Crippen LogP contribution is 2.32. The van der Waals surface area contributed by atoms with Crippen molar-refractivity contribution in [2.45, 2.75) is 70.1 Å². The van der Waals surface area contributed by atoms with E-state index in [9.17, 15) is 0 Å². The normalized spacial score (nSPS) is 13.3. The van der Waals surface area contributed by atoms with E-state index >= 15 is 0 Å². The number of thioether (sulfide) groups is 1. The van der Waals surface area contributed by atoms with E-state index in [0.717, 1.165) is 41.6 Å². The van der Waals surface area contributed by atoms with Crippen LogP contribution in [0.25, 0.3) is 0 Å². The van der Waals surface area contributed by atoms with Crippen molar-refractivity contribution in [2.24, 2.45) is 0 Å². The lowest BCUT2D eigenvalue weighted by atomic mass is 9.95. The van der Waals surface area contributed by atoms with Crippen LogP contribution in [0.3, 0.4) is 0 Å². The van der Waals surface area contributed by atoms with E-state index in [2.05, 4.69) is 46.9 Å². The molecule has 0 radical (unpaired) electrons. The zero-order valence-corrected chi connectivity index (χ0v) is 15.0. The van der Waals surface area contributed by atoms with Crippen molar-refractivity contribution in [3.63, 3.8) is 0 Å². The lowest BCUT2D eigenvalue weighted by molar-refractivity contribution is 0.289. The third-order valence-corrected chi connectivity index (χ3v) is 4.42. The van der Waals surface area contributed by atoms with Gasteiger partial charge in [0.2, 0.25) is 0 Å². The number of aliphatic hydroxyl groups excluding tert-OH is 1. The summed E-state index contributed by atoms with van der Waals surface area (Å²) in [5.74, 6) is 1.81. The summed E-state index contributed by atoms with van der Waals surface area (Å²) in [4.78, 5) is 9.47. The quantitative estimate of drug-likeness (QED) is 0.593. The van der Waals surface area contributed by atoms with Crippen LogP contribution < -0.4 is 5.32 Å². The van der Waals surface area contributed by atoms with Crippen LogP contribution in [0.4, 0.5) is 5.82 Å². The molecule has 0 spiro atoms. The van der Waals surface area contributed by atoms with E-state index in [0.29, 0.717) is 5.25 Å². The number of aromatic nitrogens is 2. The second-order valence-corrected chi connectivity index (χ2v) is 7.87. The average Bonchev–Trinajstić information content (AvgIpc) is 2.38. The number of nitrogens with zero attached hydrogens (tertiary/aromatic N) is 2. The molecule has 0 saturated carbocycles. The number of hydrogen-bond acceptors (Lipinski definition) is 5. The summed E-state index contributed by atoms with van der Waals surface area (Å²) in [5.41, 5.74) is 1.03. The van der Waals surface area contributed by atoms with E-state index in [1.807, 2.05) is 0 Å². The van der Waals surface area contributed by atoms with Crippen LogP contribution in [0.5, 0.6) is 0 Å². The van der Waals surface area contributed by atoms with E-state index in [1.165, 1.54) is 0 Å². The average molecular weight is 311 g/mol. The second-order valence-electron chi connectivity index (χ2n) is 6.44. The summed E-state index contributed by atoms with van der Waals surface area (Å²) in [6.07, 6.45) is 1.84. The van der Waals surface area contributed by atoms with Crippen molar-refractivity contribution >= 4 is 17.6 Å². The molecule has 1 unspecified atom stereocenters. The van der Waals surface area contributed by atoms with Crippen molar-refractivity contribution < 1.29 is 5.11 Å². The standard InChI is InChI=1S/C16H29N3OS/c1-7-9-17-13-12(3)14(21-11(2)8-10-20)19-15(18-13)16(4,5)6/h11,20H,7-10H2,1-6H3,(H,17,18,19). The zero-order valence-electron chi connectivity index (χ0n) is 14.2. The molecule has 21 heavy (non-hydrogen) atoms. The van der Waals surface area contributed by atoms with Gasteiger partial charge in [0.1, 0.15) is 16.7 Å². The van der Waals surface area contributed by atoms with Crippen LogP contribution in [-0.2, 0) is 5.41 Å². The monoisotopic (exact) mass is 311 g/mol. The Hall–Kier alpha value is -0.810. The smallest absolute Gasteiger partial charge is 0.137 e. The van der Waals surface area contributed by atoms with Crippen molar-refractivity contribution in [1.82, 2.24) is 9.97 Å². The zero-order chi connectivity index (χ0) is 16.0. The van der Waals surface area contributed by atoms with Crippen LogP contribution >= 0.6 is 11.8 Å². The minimum Gasteiger partial charge on any atom is -0.396 e. The Kier molecular flexibility index (Phi) is 6.94. The fourth-order valence-electron chi connectivity index (χ4n) is 1.79. The Balaban J connectivity index is 3.14. The summed E-state index contributed by atoms with van der Waals surface area (Å²) in [6.45, 7) is 13.9. The molecule has 0 saturated heterocycles. The molecule has 1 heterocycles. The topological polar surface area (TPSA) is 58.0 Å². The van der Waals surface area contributed by atoms with Crippen LogP contribution in [0.15, 0.2) is 5.03 Å². The van der Waals surface area contributed by atoms with Crippen molar-refractivity contribution in [3.05, 3.63) is 11.4 Å². The Morgan fingerprint density at radius 2 is 1.95 bits per heavy atom. The molecule has 0 bridgehead atoms. The van der Waals surface area contributed by atoms with Gasteiger partial charge in [0.05, 0.1) is 0 Å². The van der Waals surface area contributed by atoms with E-state index in [4.69, 9.17) is 15.1 Å². The van der Waals surface area contributed by atoms with Gasteiger partial charge in [0.15, 0.2) is 0 Å². The molecule has 1 rings (SSSR count). The first-order valence-corrected chi connectivity index (χ1v) is 8.58. The number of aliphatic hydroxyl groups is 1. The Labute approximate surface area is 133 Å².